The maximum atomic E-state index is 10.7. The van der Waals surface area contributed by atoms with Crippen molar-refractivity contribution in [1.82, 2.24) is 9.80 Å². The normalized spacial score (nSPS) is 35.6. The standard InChI is InChI=1S/C24H36N2O6S2/c1-15-21(28)24(31)20(12-25(15)8-5-17-3-2-9-34-17)32-13-18-22(29)23(30)19(27)11-26(18)7-4-16-6-10-33-14-16/h2-3,6,9-10,14-15,18-24,27-31H,4-5,7-8,11-13H2,1H3/t15-,18-,19+,20+,21-,22-,23-,24-/m1/s1. The molecule has 2 aromatic rings. The first kappa shape index (κ1) is 26.2. The molecule has 2 saturated heterocycles. The molecule has 2 aliphatic rings. The predicted molar refractivity (Wildman–Crippen MR) is 132 cm³/mol. The van der Waals surface area contributed by atoms with Crippen molar-refractivity contribution in [2.45, 2.75) is 68.5 Å². The second-order valence-electron chi connectivity index (χ2n) is 9.41. The summed E-state index contributed by atoms with van der Waals surface area (Å²) in [6, 6.07) is 5.44. The van der Waals surface area contributed by atoms with Gasteiger partial charge in [0, 0.05) is 37.1 Å². The Balaban J connectivity index is 1.38. The van der Waals surface area contributed by atoms with Crippen molar-refractivity contribution in [2.75, 3.05) is 32.8 Å². The topological polar surface area (TPSA) is 117 Å². The van der Waals surface area contributed by atoms with Gasteiger partial charge in [-0.1, -0.05) is 6.07 Å². The van der Waals surface area contributed by atoms with Gasteiger partial charge >= 0.3 is 0 Å². The minimum atomic E-state index is -1.25. The van der Waals surface area contributed by atoms with Crippen molar-refractivity contribution < 1.29 is 30.3 Å². The third-order valence-electron chi connectivity index (χ3n) is 7.22. The van der Waals surface area contributed by atoms with Gasteiger partial charge in [0.05, 0.1) is 31.0 Å². The molecule has 5 N–H and O–H groups in total. The first-order valence-electron chi connectivity index (χ1n) is 11.9. The van der Waals surface area contributed by atoms with Crippen molar-refractivity contribution in [2.24, 2.45) is 0 Å². The minimum absolute atomic E-state index is 0.0795. The van der Waals surface area contributed by atoms with Crippen molar-refractivity contribution in [3.8, 4) is 0 Å². The van der Waals surface area contributed by atoms with E-state index in [0.717, 1.165) is 19.4 Å². The zero-order valence-electron chi connectivity index (χ0n) is 19.4. The molecule has 0 bridgehead atoms. The number of hydrogen-bond acceptors (Lipinski definition) is 10. The number of ether oxygens (including phenoxy) is 1. The fraction of sp³-hybridized carbons (Fsp3) is 0.667. The van der Waals surface area contributed by atoms with E-state index in [2.05, 4.69) is 16.3 Å². The van der Waals surface area contributed by atoms with Crippen LogP contribution >= 0.6 is 22.7 Å². The predicted octanol–water partition coefficient (Wildman–Crippen LogP) is 0.173. The molecule has 0 aliphatic carbocycles. The van der Waals surface area contributed by atoms with E-state index in [4.69, 9.17) is 4.74 Å². The van der Waals surface area contributed by atoms with Gasteiger partial charge in [-0.3, -0.25) is 9.80 Å². The molecule has 0 unspecified atom stereocenters. The summed E-state index contributed by atoms with van der Waals surface area (Å²) in [5.41, 5.74) is 1.18. The summed E-state index contributed by atoms with van der Waals surface area (Å²) in [6.07, 6.45) is -4.45. The highest BCUT2D eigenvalue weighted by molar-refractivity contribution is 7.09. The molecule has 8 nitrogen and oxygen atoms in total. The molecule has 4 heterocycles. The second-order valence-corrected chi connectivity index (χ2v) is 11.2. The first-order valence-corrected chi connectivity index (χ1v) is 13.7. The van der Waals surface area contributed by atoms with Crippen LogP contribution in [-0.4, -0.2) is 117 Å². The lowest BCUT2D eigenvalue weighted by molar-refractivity contribution is -0.183. The summed E-state index contributed by atoms with van der Waals surface area (Å²) in [5.74, 6) is 0. The number of likely N-dealkylation sites (tertiary alicyclic amines) is 2. The number of hydrogen-bond donors (Lipinski definition) is 5. The van der Waals surface area contributed by atoms with Crippen LogP contribution < -0.4 is 0 Å². The van der Waals surface area contributed by atoms with Crippen LogP contribution in [0.5, 0.6) is 0 Å². The summed E-state index contributed by atoms with van der Waals surface area (Å²) in [7, 11) is 0. The summed E-state index contributed by atoms with van der Waals surface area (Å²) in [4.78, 5) is 5.35. The van der Waals surface area contributed by atoms with E-state index in [1.54, 1.807) is 22.7 Å². The Kier molecular flexibility index (Phi) is 9.14. The van der Waals surface area contributed by atoms with Gasteiger partial charge in [0.2, 0.25) is 0 Å². The van der Waals surface area contributed by atoms with Gasteiger partial charge < -0.3 is 30.3 Å². The summed E-state index contributed by atoms with van der Waals surface area (Å²) < 4.78 is 6.10. The van der Waals surface area contributed by atoms with Gasteiger partial charge in [-0.25, -0.2) is 0 Å². The van der Waals surface area contributed by atoms with E-state index < -0.39 is 42.7 Å². The Bertz CT molecular complexity index is 854. The average Bonchev–Trinajstić information content (AvgIpc) is 3.54. The number of thiophene rings is 2. The summed E-state index contributed by atoms with van der Waals surface area (Å²) in [5, 5.41) is 58.7. The second kappa shape index (κ2) is 11.9. The lowest BCUT2D eigenvalue weighted by atomic mass is 9.92. The van der Waals surface area contributed by atoms with Gasteiger partial charge in [0.15, 0.2) is 0 Å². The van der Waals surface area contributed by atoms with Crippen molar-refractivity contribution in [3.63, 3.8) is 0 Å². The van der Waals surface area contributed by atoms with E-state index >= 15 is 0 Å². The molecule has 190 valence electrons. The molecule has 0 amide bonds. The first-order chi connectivity index (χ1) is 16.3. The zero-order chi connectivity index (χ0) is 24.2. The Morgan fingerprint density at radius 2 is 1.71 bits per heavy atom. The van der Waals surface area contributed by atoms with Gasteiger partial charge in [-0.2, -0.15) is 11.3 Å². The molecule has 2 aliphatic heterocycles. The van der Waals surface area contributed by atoms with Crippen LogP contribution in [0.25, 0.3) is 0 Å². The number of aliphatic hydroxyl groups excluding tert-OH is 5. The van der Waals surface area contributed by atoms with Gasteiger partial charge in [-0.05, 0) is 53.6 Å². The molecule has 0 saturated carbocycles. The van der Waals surface area contributed by atoms with Gasteiger partial charge in [-0.15, -0.1) is 11.3 Å². The van der Waals surface area contributed by atoms with E-state index in [-0.39, 0.29) is 19.2 Å². The maximum Gasteiger partial charge on any atom is 0.109 e. The Morgan fingerprint density at radius 1 is 0.912 bits per heavy atom. The van der Waals surface area contributed by atoms with Crippen LogP contribution in [0, 0.1) is 0 Å². The fourth-order valence-corrected chi connectivity index (χ4v) is 6.33. The smallest absolute Gasteiger partial charge is 0.109 e. The number of nitrogens with zero attached hydrogens (tertiary/aromatic N) is 2. The molecule has 8 atom stereocenters. The molecule has 2 aromatic heterocycles. The molecular weight excluding hydrogens is 476 g/mol. The fourth-order valence-electron chi connectivity index (χ4n) is 4.93. The average molecular weight is 513 g/mol. The Hall–Kier alpha value is -0.920. The highest BCUT2D eigenvalue weighted by atomic mass is 32.1. The lowest BCUT2D eigenvalue weighted by Crippen LogP contribution is -2.64. The molecule has 2 fully saturated rings. The quantitative estimate of drug-likeness (QED) is 0.323. The van der Waals surface area contributed by atoms with Crippen molar-refractivity contribution in [1.29, 1.82) is 0 Å². The summed E-state index contributed by atoms with van der Waals surface area (Å²) in [6.45, 7) is 4.04. The SMILES string of the molecule is C[C@@H]1[C@@H](O)[C@H](O)[C@@H](OC[C@@H]2[C@@H](O)[C@H](O)[C@@H](O)CN2CCc2ccsc2)CN1CCc1cccs1. The number of rotatable bonds is 9. The third kappa shape index (κ3) is 6.07. The highest BCUT2D eigenvalue weighted by Gasteiger charge is 2.44. The number of β-amino-alcohol motifs (C(OH)–C–C–N with tert-alkyl or cyclic N) is 1. The van der Waals surface area contributed by atoms with Gasteiger partial charge in [0.1, 0.15) is 18.3 Å². The Morgan fingerprint density at radius 3 is 2.41 bits per heavy atom. The molecule has 0 aromatic carbocycles. The molecule has 34 heavy (non-hydrogen) atoms. The van der Waals surface area contributed by atoms with Crippen molar-refractivity contribution >= 4 is 22.7 Å². The largest absolute Gasteiger partial charge is 0.389 e. The van der Waals surface area contributed by atoms with E-state index in [9.17, 15) is 25.5 Å². The van der Waals surface area contributed by atoms with Crippen molar-refractivity contribution in [3.05, 3.63) is 44.8 Å². The van der Waals surface area contributed by atoms with E-state index in [1.165, 1.54) is 10.4 Å². The molecule has 0 spiro atoms. The summed E-state index contributed by atoms with van der Waals surface area (Å²) >= 11 is 3.33. The van der Waals surface area contributed by atoms with Crippen LogP contribution in [0.4, 0.5) is 0 Å². The van der Waals surface area contributed by atoms with E-state index in [0.29, 0.717) is 13.1 Å². The minimum Gasteiger partial charge on any atom is -0.389 e. The van der Waals surface area contributed by atoms with Crippen LogP contribution in [0.15, 0.2) is 34.3 Å². The van der Waals surface area contributed by atoms with Gasteiger partial charge in [0.25, 0.3) is 0 Å². The lowest BCUT2D eigenvalue weighted by Gasteiger charge is -2.46. The maximum absolute atomic E-state index is 10.7. The molecule has 4 rings (SSSR count). The number of piperidine rings is 2. The molecule has 0 radical (unpaired) electrons. The number of aliphatic hydroxyl groups is 5. The van der Waals surface area contributed by atoms with Crippen LogP contribution in [0.2, 0.25) is 0 Å². The molecule has 10 heteroatoms. The van der Waals surface area contributed by atoms with Crippen LogP contribution in [0.3, 0.4) is 0 Å². The highest BCUT2D eigenvalue weighted by Crippen LogP contribution is 2.25. The monoisotopic (exact) mass is 512 g/mol. The Labute approximate surface area is 208 Å². The van der Waals surface area contributed by atoms with Crippen LogP contribution in [-0.2, 0) is 17.6 Å². The molecular formula is C24H36N2O6S2. The van der Waals surface area contributed by atoms with Crippen LogP contribution in [0.1, 0.15) is 17.4 Å². The zero-order valence-corrected chi connectivity index (χ0v) is 21.0. The third-order valence-corrected chi connectivity index (χ3v) is 8.89. The van der Waals surface area contributed by atoms with E-state index in [1.807, 2.05) is 34.7 Å².